The summed E-state index contributed by atoms with van der Waals surface area (Å²) in [6.45, 7) is 5.18. The van der Waals surface area contributed by atoms with E-state index >= 15 is 0 Å². The van der Waals surface area contributed by atoms with E-state index in [1.165, 1.54) is 24.1 Å². The molecule has 2 rings (SSSR count). The normalized spacial score (nSPS) is 14.8. The van der Waals surface area contributed by atoms with E-state index < -0.39 is 0 Å². The van der Waals surface area contributed by atoms with Gasteiger partial charge in [-0.2, -0.15) is 0 Å². The first-order valence-corrected chi connectivity index (χ1v) is 5.29. The number of benzene rings is 1. The molecule has 1 N–H and O–H groups in total. The molecule has 76 valence electrons. The zero-order valence-electron chi connectivity index (χ0n) is 8.84. The summed E-state index contributed by atoms with van der Waals surface area (Å²) in [7, 11) is 0. The number of nitrogens with one attached hydrogen (secondary N) is 1. The summed E-state index contributed by atoms with van der Waals surface area (Å²) in [4.78, 5) is 0. The monoisotopic (exact) mass is 191 g/mol. The average molecular weight is 191 g/mol. The molecular formula is C12H17NO. The van der Waals surface area contributed by atoms with Gasteiger partial charge in [0.25, 0.3) is 0 Å². The lowest BCUT2D eigenvalue weighted by Gasteiger charge is -2.19. The second kappa shape index (κ2) is 3.91. The Labute approximate surface area is 85.3 Å². The van der Waals surface area contributed by atoms with Crippen molar-refractivity contribution in [3.05, 3.63) is 23.8 Å². The maximum Gasteiger partial charge on any atom is 0.121 e. The van der Waals surface area contributed by atoms with E-state index in [0.717, 1.165) is 12.3 Å². The summed E-state index contributed by atoms with van der Waals surface area (Å²) in [6.07, 6.45) is 2.67. The van der Waals surface area contributed by atoms with Gasteiger partial charge in [-0.05, 0) is 38.3 Å². The third kappa shape index (κ3) is 2.00. The molecule has 0 spiro atoms. The van der Waals surface area contributed by atoms with Gasteiger partial charge in [-0.25, -0.2) is 0 Å². The van der Waals surface area contributed by atoms with Crippen molar-refractivity contribution in [3.63, 3.8) is 0 Å². The molecule has 2 heteroatoms. The van der Waals surface area contributed by atoms with Crippen molar-refractivity contribution in [2.45, 2.75) is 32.8 Å². The lowest BCUT2D eigenvalue weighted by atomic mass is 10.0. The molecule has 2 nitrogen and oxygen atoms in total. The molecule has 0 aliphatic carbocycles. The van der Waals surface area contributed by atoms with Gasteiger partial charge >= 0.3 is 0 Å². The first-order chi connectivity index (χ1) is 6.75. The predicted molar refractivity (Wildman–Crippen MR) is 59.0 cm³/mol. The highest BCUT2D eigenvalue weighted by Crippen LogP contribution is 2.26. The van der Waals surface area contributed by atoms with Crippen molar-refractivity contribution >= 4 is 5.69 Å². The molecule has 1 aromatic rings. The van der Waals surface area contributed by atoms with E-state index in [9.17, 15) is 0 Å². The van der Waals surface area contributed by atoms with Gasteiger partial charge in [0.1, 0.15) is 5.75 Å². The Balaban J connectivity index is 2.20. The second-order valence-electron chi connectivity index (χ2n) is 4.02. The molecule has 1 aromatic carbocycles. The topological polar surface area (TPSA) is 21.3 Å². The third-order valence-corrected chi connectivity index (χ3v) is 2.39. The van der Waals surface area contributed by atoms with Gasteiger partial charge in [0.15, 0.2) is 0 Å². The third-order valence-electron chi connectivity index (χ3n) is 2.39. The molecular weight excluding hydrogens is 174 g/mol. The van der Waals surface area contributed by atoms with E-state index in [1.54, 1.807) is 0 Å². The molecule has 1 aliphatic heterocycles. The second-order valence-corrected chi connectivity index (χ2v) is 4.02. The van der Waals surface area contributed by atoms with Crippen LogP contribution >= 0.6 is 0 Å². The molecule has 1 heterocycles. The Kier molecular flexibility index (Phi) is 2.62. The van der Waals surface area contributed by atoms with Crippen molar-refractivity contribution in [3.8, 4) is 5.75 Å². The number of fused-ring (bicyclic) bond motifs is 1. The summed E-state index contributed by atoms with van der Waals surface area (Å²) < 4.78 is 5.64. The summed E-state index contributed by atoms with van der Waals surface area (Å²) >= 11 is 0. The molecule has 0 unspecified atom stereocenters. The zero-order chi connectivity index (χ0) is 9.97. The van der Waals surface area contributed by atoms with Crippen LogP contribution in [0.5, 0.6) is 5.75 Å². The van der Waals surface area contributed by atoms with E-state index in [0.29, 0.717) is 0 Å². The summed E-state index contributed by atoms with van der Waals surface area (Å²) in [5.74, 6) is 0.966. The Morgan fingerprint density at radius 2 is 2.21 bits per heavy atom. The van der Waals surface area contributed by atoms with Gasteiger partial charge in [-0.1, -0.05) is 6.07 Å². The van der Waals surface area contributed by atoms with Crippen LogP contribution in [0.1, 0.15) is 25.8 Å². The van der Waals surface area contributed by atoms with Crippen molar-refractivity contribution in [1.29, 1.82) is 0 Å². The van der Waals surface area contributed by atoms with E-state index in [2.05, 4.69) is 23.5 Å². The zero-order valence-corrected chi connectivity index (χ0v) is 8.84. The Hall–Kier alpha value is -1.18. The standard InChI is InChI=1S/C12H17NO/c1-9(2)14-11-6-5-10-4-3-7-13-12(10)8-11/h5-6,8-9,13H,3-4,7H2,1-2H3. The van der Waals surface area contributed by atoms with E-state index in [-0.39, 0.29) is 6.10 Å². The lowest BCUT2D eigenvalue weighted by molar-refractivity contribution is 0.242. The Bertz CT molecular complexity index is 320. The van der Waals surface area contributed by atoms with Crippen LogP contribution in [0.25, 0.3) is 0 Å². The number of rotatable bonds is 2. The minimum atomic E-state index is 0.247. The molecule has 0 aromatic heterocycles. The van der Waals surface area contributed by atoms with Crippen molar-refractivity contribution in [2.75, 3.05) is 11.9 Å². The number of hydrogen-bond acceptors (Lipinski definition) is 2. The van der Waals surface area contributed by atoms with Gasteiger partial charge in [-0.15, -0.1) is 0 Å². The summed E-state index contributed by atoms with van der Waals surface area (Å²) in [5.41, 5.74) is 2.65. The smallest absolute Gasteiger partial charge is 0.121 e. The first kappa shape index (κ1) is 9.38. The molecule has 0 radical (unpaired) electrons. The maximum atomic E-state index is 5.64. The number of hydrogen-bond donors (Lipinski definition) is 1. The first-order valence-electron chi connectivity index (χ1n) is 5.29. The Morgan fingerprint density at radius 1 is 1.36 bits per heavy atom. The fraction of sp³-hybridized carbons (Fsp3) is 0.500. The SMILES string of the molecule is CC(C)Oc1ccc2c(c1)NCCC2. The molecule has 0 atom stereocenters. The molecule has 14 heavy (non-hydrogen) atoms. The summed E-state index contributed by atoms with van der Waals surface area (Å²) in [5, 5.41) is 3.40. The van der Waals surface area contributed by atoms with Gasteiger partial charge < -0.3 is 10.1 Å². The maximum absolute atomic E-state index is 5.64. The van der Waals surface area contributed by atoms with Crippen LogP contribution in [-0.2, 0) is 6.42 Å². The fourth-order valence-electron chi connectivity index (χ4n) is 1.79. The van der Waals surface area contributed by atoms with Crippen molar-refractivity contribution in [1.82, 2.24) is 0 Å². The van der Waals surface area contributed by atoms with Gasteiger partial charge in [-0.3, -0.25) is 0 Å². The quantitative estimate of drug-likeness (QED) is 0.776. The highest BCUT2D eigenvalue weighted by atomic mass is 16.5. The minimum Gasteiger partial charge on any atom is -0.491 e. The average Bonchev–Trinajstić information content (AvgIpc) is 2.17. The number of anilines is 1. The van der Waals surface area contributed by atoms with Crippen LogP contribution in [0.3, 0.4) is 0 Å². The van der Waals surface area contributed by atoms with Gasteiger partial charge in [0, 0.05) is 18.3 Å². The van der Waals surface area contributed by atoms with Crippen LogP contribution in [0, 0.1) is 0 Å². The lowest BCUT2D eigenvalue weighted by Crippen LogP contribution is -2.12. The van der Waals surface area contributed by atoms with Gasteiger partial charge in [0.05, 0.1) is 6.10 Å². The van der Waals surface area contributed by atoms with Crippen molar-refractivity contribution < 1.29 is 4.74 Å². The molecule has 0 bridgehead atoms. The van der Waals surface area contributed by atoms with Crippen LogP contribution in [0.4, 0.5) is 5.69 Å². The Morgan fingerprint density at radius 3 is 3.00 bits per heavy atom. The van der Waals surface area contributed by atoms with E-state index in [1.807, 2.05) is 13.8 Å². The van der Waals surface area contributed by atoms with Gasteiger partial charge in [0.2, 0.25) is 0 Å². The van der Waals surface area contributed by atoms with E-state index in [4.69, 9.17) is 4.74 Å². The molecule has 0 fully saturated rings. The van der Waals surface area contributed by atoms with Crippen LogP contribution < -0.4 is 10.1 Å². The molecule has 0 amide bonds. The summed E-state index contributed by atoms with van der Waals surface area (Å²) in [6, 6.07) is 6.33. The highest BCUT2D eigenvalue weighted by Gasteiger charge is 2.09. The molecule has 1 aliphatic rings. The molecule has 0 saturated heterocycles. The van der Waals surface area contributed by atoms with Crippen LogP contribution in [0.2, 0.25) is 0 Å². The largest absolute Gasteiger partial charge is 0.491 e. The van der Waals surface area contributed by atoms with Crippen LogP contribution in [0.15, 0.2) is 18.2 Å². The van der Waals surface area contributed by atoms with Crippen molar-refractivity contribution in [2.24, 2.45) is 0 Å². The highest BCUT2D eigenvalue weighted by molar-refractivity contribution is 5.56. The number of ether oxygens (including phenoxy) is 1. The fourth-order valence-corrected chi connectivity index (χ4v) is 1.79. The number of aryl methyl sites for hydroxylation is 1. The minimum absolute atomic E-state index is 0.247. The van der Waals surface area contributed by atoms with Crippen LogP contribution in [-0.4, -0.2) is 12.6 Å². The predicted octanol–water partition coefficient (Wildman–Crippen LogP) is 2.83. The molecule has 0 saturated carbocycles.